The zero-order chi connectivity index (χ0) is 13.5. The van der Waals surface area contributed by atoms with Crippen molar-refractivity contribution in [2.24, 2.45) is 0 Å². The standard InChI is InChI=1S/C14H14N4O/c1-2-3-4-9-14(19)17-12-7-5-6-8-13(12)18-11-15-10-16-18/h2-11H,1H3,(H,17,19)/b3-2+,9-4+. The maximum atomic E-state index is 11.7. The minimum atomic E-state index is -0.189. The van der Waals surface area contributed by atoms with E-state index in [2.05, 4.69) is 15.4 Å². The van der Waals surface area contributed by atoms with E-state index in [4.69, 9.17) is 0 Å². The summed E-state index contributed by atoms with van der Waals surface area (Å²) in [6.45, 7) is 1.89. The molecular weight excluding hydrogens is 240 g/mol. The third-order valence-corrected chi connectivity index (χ3v) is 2.38. The smallest absolute Gasteiger partial charge is 0.248 e. The van der Waals surface area contributed by atoms with Gasteiger partial charge in [-0.1, -0.05) is 30.4 Å². The Hall–Kier alpha value is -2.69. The number of hydrogen-bond acceptors (Lipinski definition) is 3. The van der Waals surface area contributed by atoms with Crippen molar-refractivity contribution in [2.45, 2.75) is 6.92 Å². The van der Waals surface area contributed by atoms with Crippen molar-refractivity contribution in [3.63, 3.8) is 0 Å². The van der Waals surface area contributed by atoms with E-state index < -0.39 is 0 Å². The van der Waals surface area contributed by atoms with Crippen LogP contribution in [0.2, 0.25) is 0 Å². The molecule has 0 saturated heterocycles. The maximum Gasteiger partial charge on any atom is 0.248 e. The molecule has 0 aliphatic carbocycles. The molecule has 2 aromatic rings. The van der Waals surface area contributed by atoms with Crippen molar-refractivity contribution >= 4 is 11.6 Å². The highest BCUT2D eigenvalue weighted by molar-refractivity contribution is 6.00. The lowest BCUT2D eigenvalue weighted by Gasteiger charge is -2.08. The Morgan fingerprint density at radius 3 is 2.89 bits per heavy atom. The van der Waals surface area contributed by atoms with E-state index in [9.17, 15) is 4.79 Å². The molecule has 1 aromatic heterocycles. The van der Waals surface area contributed by atoms with Gasteiger partial charge in [0.05, 0.1) is 11.4 Å². The molecule has 1 N–H and O–H groups in total. The normalized spacial score (nSPS) is 11.2. The number of hydrogen-bond donors (Lipinski definition) is 1. The van der Waals surface area contributed by atoms with Crippen molar-refractivity contribution in [2.75, 3.05) is 5.32 Å². The zero-order valence-corrected chi connectivity index (χ0v) is 10.5. The molecule has 0 atom stereocenters. The van der Waals surface area contributed by atoms with Gasteiger partial charge in [-0.2, -0.15) is 5.10 Å². The summed E-state index contributed by atoms with van der Waals surface area (Å²) in [4.78, 5) is 15.6. The van der Waals surface area contributed by atoms with Gasteiger partial charge in [-0.3, -0.25) is 4.79 Å². The molecule has 5 heteroatoms. The van der Waals surface area contributed by atoms with Gasteiger partial charge in [-0.25, -0.2) is 9.67 Å². The minimum Gasteiger partial charge on any atom is -0.321 e. The van der Waals surface area contributed by atoms with Crippen LogP contribution >= 0.6 is 0 Å². The maximum absolute atomic E-state index is 11.7. The van der Waals surface area contributed by atoms with Gasteiger partial charge in [0.25, 0.3) is 0 Å². The van der Waals surface area contributed by atoms with Crippen molar-refractivity contribution in [3.05, 3.63) is 61.2 Å². The predicted octanol–water partition coefficient (Wildman–Crippen LogP) is 2.34. The fourth-order valence-corrected chi connectivity index (χ4v) is 1.54. The van der Waals surface area contributed by atoms with Crippen molar-refractivity contribution in [3.8, 4) is 5.69 Å². The van der Waals surface area contributed by atoms with E-state index in [1.807, 2.05) is 37.3 Å². The molecule has 0 radical (unpaired) electrons. The quantitative estimate of drug-likeness (QED) is 0.673. The number of nitrogens with zero attached hydrogens (tertiary/aromatic N) is 3. The van der Waals surface area contributed by atoms with Gasteiger partial charge in [0.1, 0.15) is 12.7 Å². The lowest BCUT2D eigenvalue weighted by molar-refractivity contribution is -0.111. The number of carbonyl (C=O) groups is 1. The third kappa shape index (κ3) is 3.38. The lowest BCUT2D eigenvalue weighted by atomic mass is 10.2. The second-order valence-electron chi connectivity index (χ2n) is 3.73. The van der Waals surface area contributed by atoms with E-state index in [0.29, 0.717) is 5.69 Å². The number of carbonyl (C=O) groups excluding carboxylic acids is 1. The Labute approximate surface area is 111 Å². The molecule has 1 heterocycles. The molecule has 19 heavy (non-hydrogen) atoms. The first-order valence-electron chi connectivity index (χ1n) is 5.85. The Morgan fingerprint density at radius 2 is 2.16 bits per heavy atom. The molecule has 2 rings (SSSR count). The highest BCUT2D eigenvalue weighted by Crippen LogP contribution is 2.18. The molecule has 1 amide bonds. The van der Waals surface area contributed by atoms with Crippen LogP contribution in [0.5, 0.6) is 0 Å². The largest absolute Gasteiger partial charge is 0.321 e. The SMILES string of the molecule is C/C=C/C=C/C(=O)Nc1ccccc1-n1cncn1. The predicted molar refractivity (Wildman–Crippen MR) is 73.9 cm³/mol. The molecule has 0 saturated carbocycles. The van der Waals surface area contributed by atoms with Gasteiger partial charge < -0.3 is 5.32 Å². The summed E-state index contributed by atoms with van der Waals surface area (Å²) in [6.07, 6.45) is 9.84. The number of amides is 1. The summed E-state index contributed by atoms with van der Waals surface area (Å²) in [6, 6.07) is 7.41. The van der Waals surface area contributed by atoms with Gasteiger partial charge in [-0.15, -0.1) is 0 Å². The number of rotatable bonds is 4. The van der Waals surface area contributed by atoms with Crippen LogP contribution in [0.4, 0.5) is 5.69 Å². The number of para-hydroxylation sites is 2. The number of anilines is 1. The fraction of sp³-hybridized carbons (Fsp3) is 0.0714. The van der Waals surface area contributed by atoms with Crippen LogP contribution < -0.4 is 5.32 Å². The van der Waals surface area contributed by atoms with E-state index in [-0.39, 0.29) is 5.91 Å². The van der Waals surface area contributed by atoms with Crippen molar-refractivity contribution in [1.29, 1.82) is 0 Å². The first-order chi connectivity index (χ1) is 9.31. The Bertz CT molecular complexity index is 600. The molecular formula is C14H14N4O. The summed E-state index contributed by atoms with van der Waals surface area (Å²) < 4.78 is 1.60. The average molecular weight is 254 g/mol. The van der Waals surface area contributed by atoms with Gasteiger partial charge in [-0.05, 0) is 19.1 Å². The van der Waals surface area contributed by atoms with E-state index >= 15 is 0 Å². The summed E-state index contributed by atoms with van der Waals surface area (Å²) in [5.41, 5.74) is 1.45. The van der Waals surface area contributed by atoms with Crippen LogP contribution in [0.1, 0.15) is 6.92 Å². The molecule has 96 valence electrons. The Morgan fingerprint density at radius 1 is 1.32 bits per heavy atom. The molecule has 0 aliphatic rings. The minimum absolute atomic E-state index is 0.189. The molecule has 0 unspecified atom stereocenters. The van der Waals surface area contributed by atoms with Crippen molar-refractivity contribution < 1.29 is 4.79 Å². The highest BCUT2D eigenvalue weighted by atomic mass is 16.1. The summed E-state index contributed by atoms with van der Waals surface area (Å²) in [5.74, 6) is -0.189. The second kappa shape index (κ2) is 6.30. The first kappa shape index (κ1) is 12.8. The van der Waals surface area contributed by atoms with Crippen LogP contribution in [0, 0.1) is 0 Å². The van der Waals surface area contributed by atoms with Gasteiger partial charge in [0.15, 0.2) is 0 Å². The third-order valence-electron chi connectivity index (χ3n) is 2.38. The van der Waals surface area contributed by atoms with Crippen LogP contribution in [0.3, 0.4) is 0 Å². The van der Waals surface area contributed by atoms with E-state index in [1.54, 1.807) is 23.2 Å². The number of benzene rings is 1. The van der Waals surface area contributed by atoms with Crippen LogP contribution in [-0.4, -0.2) is 20.7 Å². The van der Waals surface area contributed by atoms with Crippen LogP contribution in [0.25, 0.3) is 5.69 Å². The van der Waals surface area contributed by atoms with E-state index in [0.717, 1.165) is 5.69 Å². The molecule has 0 spiro atoms. The summed E-state index contributed by atoms with van der Waals surface area (Å²) in [5, 5.41) is 6.86. The topological polar surface area (TPSA) is 59.8 Å². The number of allylic oxidation sites excluding steroid dienone is 3. The molecule has 0 bridgehead atoms. The second-order valence-corrected chi connectivity index (χ2v) is 3.73. The van der Waals surface area contributed by atoms with Crippen LogP contribution in [0.15, 0.2) is 61.2 Å². The van der Waals surface area contributed by atoms with Crippen molar-refractivity contribution in [1.82, 2.24) is 14.8 Å². The van der Waals surface area contributed by atoms with Gasteiger partial charge in [0.2, 0.25) is 5.91 Å². The molecule has 5 nitrogen and oxygen atoms in total. The number of nitrogens with one attached hydrogen (secondary N) is 1. The van der Waals surface area contributed by atoms with Gasteiger partial charge in [0, 0.05) is 6.08 Å². The molecule has 1 aromatic carbocycles. The number of aromatic nitrogens is 3. The fourth-order valence-electron chi connectivity index (χ4n) is 1.54. The Balaban J connectivity index is 2.19. The van der Waals surface area contributed by atoms with E-state index in [1.165, 1.54) is 12.4 Å². The first-order valence-corrected chi connectivity index (χ1v) is 5.85. The summed E-state index contributed by atoms with van der Waals surface area (Å²) in [7, 11) is 0. The summed E-state index contributed by atoms with van der Waals surface area (Å²) >= 11 is 0. The van der Waals surface area contributed by atoms with Gasteiger partial charge >= 0.3 is 0 Å². The molecule has 0 fully saturated rings. The molecule has 0 aliphatic heterocycles. The lowest BCUT2D eigenvalue weighted by Crippen LogP contribution is -2.10. The Kier molecular flexibility index (Phi) is 4.23. The zero-order valence-electron chi connectivity index (χ0n) is 10.5. The van der Waals surface area contributed by atoms with Crippen LogP contribution in [-0.2, 0) is 4.79 Å². The average Bonchev–Trinajstić information content (AvgIpc) is 2.93. The highest BCUT2D eigenvalue weighted by Gasteiger charge is 2.06. The monoisotopic (exact) mass is 254 g/mol.